The largest absolute Gasteiger partial charge is 0.352 e. The Kier molecular flexibility index (Phi) is 6.33. The number of amides is 1. The van der Waals surface area contributed by atoms with Gasteiger partial charge in [-0.15, -0.1) is 5.10 Å². The molecule has 4 atom stereocenters. The molecule has 1 aromatic rings. The Bertz CT molecular complexity index is 583. The molecule has 0 spiro atoms. The van der Waals surface area contributed by atoms with Gasteiger partial charge in [-0.25, -0.2) is 9.89 Å². The topological polar surface area (TPSA) is 79.8 Å². The Morgan fingerprint density at radius 2 is 2.22 bits per heavy atom. The van der Waals surface area contributed by atoms with Gasteiger partial charge in [-0.05, 0) is 31.6 Å². The van der Waals surface area contributed by atoms with Gasteiger partial charge in [0.1, 0.15) is 0 Å². The minimum absolute atomic E-state index is 0.0273. The summed E-state index contributed by atoms with van der Waals surface area (Å²) in [7, 11) is 0. The summed E-state index contributed by atoms with van der Waals surface area (Å²) in [6.07, 6.45) is 4.32. The van der Waals surface area contributed by atoms with Crippen LogP contribution in [0.15, 0.2) is 9.95 Å². The van der Waals surface area contributed by atoms with E-state index in [2.05, 4.69) is 29.4 Å². The zero-order chi connectivity index (χ0) is 17.0. The van der Waals surface area contributed by atoms with Gasteiger partial charge < -0.3 is 5.32 Å². The maximum absolute atomic E-state index is 12.5. The maximum Gasteiger partial charge on any atom is 0.343 e. The van der Waals surface area contributed by atoms with Gasteiger partial charge in [0.2, 0.25) is 5.91 Å². The first-order valence-electron chi connectivity index (χ1n) is 8.56. The first-order valence-corrected chi connectivity index (χ1v) is 9.44. The van der Waals surface area contributed by atoms with Crippen LogP contribution in [0.3, 0.4) is 0 Å². The molecule has 0 bridgehead atoms. The third kappa shape index (κ3) is 4.40. The second kappa shape index (κ2) is 8.04. The van der Waals surface area contributed by atoms with Gasteiger partial charge in [-0.2, -0.15) is 0 Å². The molecule has 1 saturated carbocycles. The lowest BCUT2D eigenvalue weighted by Crippen LogP contribution is -2.46. The third-order valence-corrected chi connectivity index (χ3v) is 5.95. The molecule has 130 valence electrons. The number of nitrogens with one attached hydrogen (secondary N) is 2. The minimum Gasteiger partial charge on any atom is -0.352 e. The van der Waals surface area contributed by atoms with Gasteiger partial charge in [0.05, 0.1) is 5.25 Å². The lowest BCUT2D eigenvalue weighted by Gasteiger charge is -2.35. The van der Waals surface area contributed by atoms with E-state index in [1.165, 1.54) is 24.6 Å². The summed E-state index contributed by atoms with van der Waals surface area (Å²) in [5.41, 5.74) is -0.211. The van der Waals surface area contributed by atoms with Crippen LogP contribution in [-0.4, -0.2) is 32.0 Å². The molecular weight excluding hydrogens is 312 g/mol. The smallest absolute Gasteiger partial charge is 0.343 e. The minimum atomic E-state index is -0.273. The number of H-pyrrole nitrogens is 1. The fourth-order valence-electron chi connectivity index (χ4n) is 3.11. The van der Waals surface area contributed by atoms with Crippen LogP contribution in [0.4, 0.5) is 0 Å². The molecule has 0 unspecified atom stereocenters. The summed E-state index contributed by atoms with van der Waals surface area (Å²) in [6, 6.07) is 0.256. The molecule has 6 nitrogen and oxygen atoms in total. The van der Waals surface area contributed by atoms with Crippen molar-refractivity contribution in [3.63, 3.8) is 0 Å². The Morgan fingerprint density at radius 1 is 1.48 bits per heavy atom. The van der Waals surface area contributed by atoms with E-state index in [1.54, 1.807) is 4.57 Å². The number of carbonyl (C=O) groups is 1. The number of rotatable bonds is 6. The fraction of sp³-hybridized carbons (Fsp3) is 0.812. The molecule has 1 aliphatic rings. The van der Waals surface area contributed by atoms with Crippen molar-refractivity contribution in [2.75, 3.05) is 0 Å². The normalized spacial score (nSPS) is 26.0. The van der Waals surface area contributed by atoms with E-state index in [0.29, 0.717) is 23.5 Å². The molecule has 1 amide bonds. The van der Waals surface area contributed by atoms with Crippen LogP contribution < -0.4 is 11.0 Å². The van der Waals surface area contributed by atoms with Crippen molar-refractivity contribution in [2.24, 2.45) is 11.8 Å². The highest BCUT2D eigenvalue weighted by Gasteiger charge is 2.29. The van der Waals surface area contributed by atoms with Gasteiger partial charge in [0.25, 0.3) is 0 Å². The van der Waals surface area contributed by atoms with Crippen LogP contribution in [0.1, 0.15) is 53.4 Å². The number of hydrogen-bond acceptors (Lipinski definition) is 4. The van der Waals surface area contributed by atoms with E-state index in [9.17, 15) is 9.59 Å². The number of thioether (sulfide) groups is 1. The Labute approximate surface area is 141 Å². The standard InChI is InChI=1S/C16H28N4O2S/c1-5-9-20-15(22)18-19-16(20)23-12(4)14(21)17-13-8-6-7-10(2)11(13)3/h10-13H,5-9H2,1-4H3,(H,17,21)(H,18,22)/t10-,11-,12+,13-/m0/s1. The second-order valence-electron chi connectivity index (χ2n) is 6.61. The summed E-state index contributed by atoms with van der Waals surface area (Å²) in [6.45, 7) is 8.97. The summed E-state index contributed by atoms with van der Waals surface area (Å²) in [5.74, 6) is 1.19. The van der Waals surface area contributed by atoms with Gasteiger partial charge in [0, 0.05) is 12.6 Å². The average Bonchev–Trinajstić information content (AvgIpc) is 2.85. The highest BCUT2D eigenvalue weighted by molar-refractivity contribution is 8.00. The second-order valence-corrected chi connectivity index (χ2v) is 7.91. The van der Waals surface area contributed by atoms with E-state index >= 15 is 0 Å². The molecule has 2 N–H and O–H groups in total. The van der Waals surface area contributed by atoms with Gasteiger partial charge in [-0.1, -0.05) is 45.4 Å². The zero-order valence-electron chi connectivity index (χ0n) is 14.5. The quantitative estimate of drug-likeness (QED) is 0.779. The highest BCUT2D eigenvalue weighted by atomic mass is 32.2. The summed E-state index contributed by atoms with van der Waals surface area (Å²) < 4.78 is 1.60. The van der Waals surface area contributed by atoms with Gasteiger partial charge >= 0.3 is 5.69 Å². The fourth-order valence-corrected chi connectivity index (χ4v) is 4.00. The molecule has 0 saturated heterocycles. The molecule has 1 fully saturated rings. The van der Waals surface area contributed by atoms with Gasteiger partial charge in [0.15, 0.2) is 5.16 Å². The molecular formula is C16H28N4O2S. The van der Waals surface area contributed by atoms with Crippen molar-refractivity contribution < 1.29 is 4.79 Å². The van der Waals surface area contributed by atoms with E-state index in [-0.39, 0.29) is 22.9 Å². The third-order valence-electron chi connectivity index (χ3n) is 4.86. The van der Waals surface area contributed by atoms with Crippen LogP contribution >= 0.6 is 11.8 Å². The number of aromatic nitrogens is 3. The van der Waals surface area contributed by atoms with Crippen molar-refractivity contribution in [1.82, 2.24) is 20.1 Å². The van der Waals surface area contributed by atoms with Gasteiger partial charge in [-0.3, -0.25) is 9.36 Å². The average molecular weight is 340 g/mol. The van der Waals surface area contributed by atoms with Crippen molar-refractivity contribution in [2.45, 2.75) is 76.4 Å². The molecule has 2 rings (SSSR count). The first kappa shape index (κ1) is 18.1. The molecule has 0 aliphatic heterocycles. The molecule has 0 aromatic carbocycles. The van der Waals surface area contributed by atoms with E-state index < -0.39 is 0 Å². The lowest BCUT2D eigenvalue weighted by molar-refractivity contribution is -0.121. The van der Waals surface area contributed by atoms with Crippen LogP contribution in [0, 0.1) is 11.8 Å². The molecule has 23 heavy (non-hydrogen) atoms. The zero-order valence-corrected chi connectivity index (χ0v) is 15.3. The molecule has 0 radical (unpaired) electrons. The molecule has 1 aliphatic carbocycles. The number of nitrogens with zero attached hydrogens (tertiary/aromatic N) is 2. The van der Waals surface area contributed by atoms with Crippen molar-refractivity contribution in [3.8, 4) is 0 Å². The van der Waals surface area contributed by atoms with Crippen LogP contribution in [0.25, 0.3) is 0 Å². The highest BCUT2D eigenvalue weighted by Crippen LogP contribution is 2.30. The molecule has 7 heteroatoms. The van der Waals surface area contributed by atoms with Crippen LogP contribution in [-0.2, 0) is 11.3 Å². The van der Waals surface area contributed by atoms with Crippen molar-refractivity contribution in [1.29, 1.82) is 0 Å². The Hall–Kier alpha value is -1.24. The van der Waals surface area contributed by atoms with Crippen LogP contribution in [0.5, 0.6) is 0 Å². The van der Waals surface area contributed by atoms with Crippen LogP contribution in [0.2, 0.25) is 0 Å². The SMILES string of the molecule is CCCn1c(S[C@H](C)C(=O)N[C@H]2CCC[C@H](C)[C@@H]2C)n[nH]c1=O. The lowest BCUT2D eigenvalue weighted by atomic mass is 9.78. The van der Waals surface area contributed by atoms with Crippen molar-refractivity contribution >= 4 is 17.7 Å². The summed E-state index contributed by atoms with van der Waals surface area (Å²) in [4.78, 5) is 24.2. The molecule has 1 aromatic heterocycles. The van der Waals surface area contributed by atoms with E-state index in [4.69, 9.17) is 0 Å². The summed E-state index contributed by atoms with van der Waals surface area (Å²) >= 11 is 1.34. The maximum atomic E-state index is 12.5. The monoisotopic (exact) mass is 340 g/mol. The number of aromatic amines is 1. The summed E-state index contributed by atoms with van der Waals surface area (Å²) in [5, 5.41) is 10.0. The molecule has 1 heterocycles. The Morgan fingerprint density at radius 3 is 2.91 bits per heavy atom. The first-order chi connectivity index (χ1) is 10.9. The predicted octanol–water partition coefficient (Wildman–Crippen LogP) is 2.40. The van der Waals surface area contributed by atoms with E-state index in [1.807, 2.05) is 13.8 Å². The predicted molar refractivity (Wildman–Crippen MR) is 92.6 cm³/mol. The van der Waals surface area contributed by atoms with Crippen molar-refractivity contribution in [3.05, 3.63) is 10.5 Å². The van der Waals surface area contributed by atoms with E-state index in [0.717, 1.165) is 12.8 Å². The Balaban J connectivity index is 1.96. The number of hydrogen-bond donors (Lipinski definition) is 2. The number of carbonyl (C=O) groups excluding carboxylic acids is 1.